The van der Waals surface area contributed by atoms with Gasteiger partial charge in [-0.25, -0.2) is 18.1 Å². The molecule has 0 amide bonds. The molecule has 1 aliphatic rings. The van der Waals surface area contributed by atoms with Crippen molar-refractivity contribution in [2.24, 2.45) is 0 Å². The first-order valence-electron chi connectivity index (χ1n) is 4.74. The zero-order valence-electron chi connectivity index (χ0n) is 8.17. The maximum absolute atomic E-state index is 11.1. The summed E-state index contributed by atoms with van der Waals surface area (Å²) in [4.78, 5) is 4.25. The van der Waals surface area contributed by atoms with Gasteiger partial charge in [-0.2, -0.15) is 5.10 Å². The lowest BCUT2D eigenvalue weighted by molar-refractivity contribution is 0.482. The average Bonchev–Trinajstić information content (AvgIpc) is 2.56. The zero-order chi connectivity index (χ0) is 11.3. The quantitative estimate of drug-likeness (QED) is 0.793. The van der Waals surface area contributed by atoms with E-state index >= 15 is 0 Å². The Balaban J connectivity index is 2.06. The molecule has 5 nitrogen and oxygen atoms in total. The number of hydrogen-bond donors (Lipinski definition) is 0. The van der Waals surface area contributed by atoms with Gasteiger partial charge in [-0.3, -0.25) is 0 Å². The van der Waals surface area contributed by atoms with Crippen LogP contribution in [0.1, 0.15) is 6.04 Å². The summed E-state index contributed by atoms with van der Waals surface area (Å²) in [5.74, 6) is 0.336. The molecule has 7 heteroatoms. The van der Waals surface area contributed by atoms with Gasteiger partial charge in [0, 0.05) is 16.1 Å². The Labute approximate surface area is 101 Å². The van der Waals surface area contributed by atoms with Crippen LogP contribution in [0.5, 0.6) is 0 Å². The molecule has 1 saturated heterocycles. The molecule has 1 aliphatic heterocycles. The molecular formula is C9H8BrN3O2S. The van der Waals surface area contributed by atoms with E-state index < -0.39 is 9.84 Å². The highest BCUT2D eigenvalue weighted by atomic mass is 79.9. The number of fused-ring (bicyclic) bond motifs is 1. The fourth-order valence-corrected chi connectivity index (χ4v) is 3.57. The van der Waals surface area contributed by atoms with Crippen LogP contribution in [0, 0.1) is 0 Å². The predicted octanol–water partition coefficient (Wildman–Crippen LogP) is 1.16. The average molecular weight is 302 g/mol. The van der Waals surface area contributed by atoms with Gasteiger partial charge in [-0.1, -0.05) is 0 Å². The molecule has 0 unspecified atom stereocenters. The van der Waals surface area contributed by atoms with E-state index in [1.165, 1.54) is 0 Å². The summed E-state index contributed by atoms with van der Waals surface area (Å²) >= 11 is 3.33. The summed E-state index contributed by atoms with van der Waals surface area (Å²) in [7, 11) is -2.83. The molecule has 2 aromatic rings. The Morgan fingerprint density at radius 2 is 2.12 bits per heavy atom. The monoisotopic (exact) mass is 301 g/mol. The van der Waals surface area contributed by atoms with Crippen LogP contribution < -0.4 is 0 Å². The molecule has 0 atom stereocenters. The first-order chi connectivity index (χ1) is 7.55. The lowest BCUT2D eigenvalue weighted by Crippen LogP contribution is -2.38. The van der Waals surface area contributed by atoms with Crippen molar-refractivity contribution in [1.29, 1.82) is 0 Å². The molecule has 3 heterocycles. The third kappa shape index (κ3) is 1.54. The van der Waals surface area contributed by atoms with E-state index in [1.807, 2.05) is 6.07 Å². The second-order valence-corrected chi connectivity index (χ2v) is 6.96. The van der Waals surface area contributed by atoms with Crippen LogP contribution in [-0.4, -0.2) is 34.7 Å². The SMILES string of the molecule is O=S1(=O)CC(n2ncc3cc(Br)cnc32)C1. The van der Waals surface area contributed by atoms with Crippen molar-refractivity contribution >= 4 is 36.8 Å². The summed E-state index contributed by atoms with van der Waals surface area (Å²) in [6, 6.07) is 1.86. The van der Waals surface area contributed by atoms with Crippen molar-refractivity contribution in [2.45, 2.75) is 6.04 Å². The Morgan fingerprint density at radius 1 is 1.38 bits per heavy atom. The van der Waals surface area contributed by atoms with Crippen LogP contribution in [0.2, 0.25) is 0 Å². The molecule has 2 aromatic heterocycles. The lowest BCUT2D eigenvalue weighted by Gasteiger charge is -2.26. The van der Waals surface area contributed by atoms with Gasteiger partial charge in [-0.05, 0) is 22.0 Å². The second kappa shape index (κ2) is 3.27. The van der Waals surface area contributed by atoms with Gasteiger partial charge < -0.3 is 0 Å². The maximum Gasteiger partial charge on any atom is 0.158 e. The minimum Gasteiger partial charge on any atom is -0.242 e. The minimum absolute atomic E-state index is 0.0591. The van der Waals surface area contributed by atoms with Crippen LogP contribution in [0.4, 0.5) is 0 Å². The molecule has 1 fully saturated rings. The number of pyridine rings is 1. The van der Waals surface area contributed by atoms with E-state index in [1.54, 1.807) is 17.1 Å². The molecule has 0 spiro atoms. The van der Waals surface area contributed by atoms with E-state index in [2.05, 4.69) is 26.0 Å². The fourth-order valence-electron chi connectivity index (χ4n) is 1.86. The van der Waals surface area contributed by atoms with E-state index in [4.69, 9.17) is 0 Å². The number of sulfone groups is 1. The van der Waals surface area contributed by atoms with Crippen LogP contribution in [-0.2, 0) is 9.84 Å². The van der Waals surface area contributed by atoms with E-state index in [-0.39, 0.29) is 17.5 Å². The molecule has 16 heavy (non-hydrogen) atoms. The van der Waals surface area contributed by atoms with E-state index in [0.29, 0.717) is 0 Å². The Morgan fingerprint density at radius 3 is 2.81 bits per heavy atom. The van der Waals surface area contributed by atoms with Gasteiger partial charge in [0.25, 0.3) is 0 Å². The van der Waals surface area contributed by atoms with Gasteiger partial charge in [0.1, 0.15) is 0 Å². The predicted molar refractivity (Wildman–Crippen MR) is 62.9 cm³/mol. The summed E-state index contributed by atoms with van der Waals surface area (Å²) in [6.45, 7) is 0. The summed E-state index contributed by atoms with van der Waals surface area (Å²) in [6.07, 6.45) is 3.39. The van der Waals surface area contributed by atoms with Gasteiger partial charge in [0.2, 0.25) is 0 Å². The van der Waals surface area contributed by atoms with Gasteiger partial charge in [0.15, 0.2) is 15.5 Å². The fraction of sp³-hybridized carbons (Fsp3) is 0.333. The van der Waals surface area contributed by atoms with Crippen molar-refractivity contribution in [3.63, 3.8) is 0 Å². The molecule has 0 bridgehead atoms. The Kier molecular flexibility index (Phi) is 2.09. The number of halogens is 1. The van der Waals surface area contributed by atoms with Crippen molar-refractivity contribution in [3.05, 3.63) is 22.9 Å². The highest BCUT2D eigenvalue weighted by molar-refractivity contribution is 9.10. The van der Waals surface area contributed by atoms with Gasteiger partial charge in [-0.15, -0.1) is 0 Å². The largest absolute Gasteiger partial charge is 0.242 e. The Bertz CT molecular complexity index is 652. The standard InChI is InChI=1S/C9H8BrN3O2S/c10-7-1-6-2-12-13(9(6)11-3-7)8-4-16(14,15)5-8/h1-3,8H,4-5H2. The van der Waals surface area contributed by atoms with Gasteiger partial charge in [0.05, 0.1) is 23.7 Å². The molecule has 0 aliphatic carbocycles. The first-order valence-corrected chi connectivity index (χ1v) is 7.36. The summed E-state index contributed by atoms with van der Waals surface area (Å²) in [5, 5.41) is 5.11. The van der Waals surface area contributed by atoms with Crippen molar-refractivity contribution < 1.29 is 8.42 Å². The summed E-state index contributed by atoms with van der Waals surface area (Å²) < 4.78 is 24.8. The number of rotatable bonds is 1. The molecule has 3 rings (SSSR count). The lowest BCUT2D eigenvalue weighted by atomic mass is 10.3. The van der Waals surface area contributed by atoms with Crippen LogP contribution >= 0.6 is 15.9 Å². The molecular weight excluding hydrogens is 294 g/mol. The number of hydrogen-bond acceptors (Lipinski definition) is 4. The Hall–Kier alpha value is -0.950. The highest BCUT2D eigenvalue weighted by Gasteiger charge is 2.36. The second-order valence-electron chi connectivity index (χ2n) is 3.89. The van der Waals surface area contributed by atoms with E-state index in [9.17, 15) is 8.42 Å². The molecule has 0 radical (unpaired) electrons. The van der Waals surface area contributed by atoms with E-state index in [0.717, 1.165) is 15.5 Å². The molecule has 0 N–H and O–H groups in total. The van der Waals surface area contributed by atoms with Crippen molar-refractivity contribution in [2.75, 3.05) is 11.5 Å². The van der Waals surface area contributed by atoms with Crippen molar-refractivity contribution in [3.8, 4) is 0 Å². The topological polar surface area (TPSA) is 64.8 Å². The normalized spacial score (nSPS) is 19.8. The third-order valence-corrected chi connectivity index (χ3v) is 4.86. The summed E-state index contributed by atoms with van der Waals surface area (Å²) in [5.41, 5.74) is 0.739. The maximum atomic E-state index is 11.1. The first kappa shape index (κ1) is 10.2. The van der Waals surface area contributed by atoms with Crippen molar-refractivity contribution in [1.82, 2.24) is 14.8 Å². The van der Waals surface area contributed by atoms with Gasteiger partial charge >= 0.3 is 0 Å². The van der Waals surface area contributed by atoms with Crippen LogP contribution in [0.25, 0.3) is 11.0 Å². The number of nitrogens with zero attached hydrogens (tertiary/aromatic N) is 3. The smallest absolute Gasteiger partial charge is 0.158 e. The zero-order valence-corrected chi connectivity index (χ0v) is 10.6. The van der Waals surface area contributed by atoms with Crippen LogP contribution in [0.3, 0.4) is 0 Å². The highest BCUT2D eigenvalue weighted by Crippen LogP contribution is 2.27. The minimum atomic E-state index is -2.83. The molecule has 0 aromatic carbocycles. The third-order valence-electron chi connectivity index (χ3n) is 2.64. The molecule has 0 saturated carbocycles. The van der Waals surface area contributed by atoms with Crippen LogP contribution in [0.15, 0.2) is 22.9 Å². The number of aromatic nitrogens is 3. The molecule has 84 valence electrons.